The molecule has 0 radical (unpaired) electrons. The fraction of sp³-hybridized carbons (Fsp3) is 0.583. The molecule has 1 heterocycles. The Kier molecular flexibility index (Phi) is 4.79. The standard InChI is InChI=1S/C12H17N3OS/c16-15-10-6-3-1-2-4-7-11(10)17-12-13-8-5-9-14-12/h5,8-9,11,16H,1-4,6-7H2/b15-10-. The Hall–Kier alpha value is -1.10. The Morgan fingerprint density at radius 2 is 1.94 bits per heavy atom. The molecule has 1 unspecified atom stereocenters. The number of nitrogens with zero attached hydrogens (tertiary/aromatic N) is 3. The predicted molar refractivity (Wildman–Crippen MR) is 68.6 cm³/mol. The summed E-state index contributed by atoms with van der Waals surface area (Å²) in [5.74, 6) is 0. The van der Waals surface area contributed by atoms with E-state index >= 15 is 0 Å². The lowest BCUT2D eigenvalue weighted by molar-refractivity contribution is 0.315. The number of thioether (sulfide) groups is 1. The van der Waals surface area contributed by atoms with Crippen LogP contribution in [0.5, 0.6) is 0 Å². The number of oxime groups is 1. The molecule has 1 atom stereocenters. The highest BCUT2D eigenvalue weighted by molar-refractivity contribution is 8.00. The highest BCUT2D eigenvalue weighted by Gasteiger charge is 2.20. The quantitative estimate of drug-likeness (QED) is 0.498. The molecule has 2 rings (SSSR count). The van der Waals surface area contributed by atoms with Gasteiger partial charge in [-0.15, -0.1) is 0 Å². The summed E-state index contributed by atoms with van der Waals surface area (Å²) >= 11 is 1.61. The van der Waals surface area contributed by atoms with Crippen LogP contribution < -0.4 is 0 Å². The van der Waals surface area contributed by atoms with E-state index in [0.717, 1.165) is 30.1 Å². The smallest absolute Gasteiger partial charge is 0.188 e. The van der Waals surface area contributed by atoms with Gasteiger partial charge in [-0.1, -0.05) is 36.2 Å². The van der Waals surface area contributed by atoms with Crippen LogP contribution in [-0.2, 0) is 0 Å². The van der Waals surface area contributed by atoms with Gasteiger partial charge in [0.1, 0.15) is 0 Å². The minimum atomic E-state index is 0.225. The van der Waals surface area contributed by atoms with Crippen LogP contribution in [0.2, 0.25) is 0 Å². The Bertz CT molecular complexity index is 369. The van der Waals surface area contributed by atoms with Gasteiger partial charge in [0.15, 0.2) is 5.16 Å². The number of aromatic nitrogens is 2. The summed E-state index contributed by atoms with van der Waals surface area (Å²) in [6.07, 6.45) is 10.2. The lowest BCUT2D eigenvalue weighted by Crippen LogP contribution is -2.19. The van der Waals surface area contributed by atoms with E-state index in [1.807, 2.05) is 6.07 Å². The van der Waals surface area contributed by atoms with Crippen LogP contribution in [0.25, 0.3) is 0 Å². The summed E-state index contributed by atoms with van der Waals surface area (Å²) in [5, 5.41) is 13.5. The van der Waals surface area contributed by atoms with Crippen LogP contribution in [0.1, 0.15) is 38.5 Å². The molecule has 5 heteroatoms. The molecule has 92 valence electrons. The third-order valence-electron chi connectivity index (χ3n) is 2.94. The Balaban J connectivity index is 2.05. The number of rotatable bonds is 2. The van der Waals surface area contributed by atoms with Crippen molar-refractivity contribution >= 4 is 17.5 Å². The normalized spacial score (nSPS) is 24.2. The predicted octanol–water partition coefficient (Wildman–Crippen LogP) is 3.12. The van der Waals surface area contributed by atoms with Crippen LogP contribution >= 0.6 is 11.8 Å². The first-order valence-corrected chi connectivity index (χ1v) is 6.92. The minimum Gasteiger partial charge on any atom is -0.411 e. The average molecular weight is 251 g/mol. The van der Waals surface area contributed by atoms with Gasteiger partial charge in [0, 0.05) is 12.4 Å². The van der Waals surface area contributed by atoms with Crippen LogP contribution in [0.15, 0.2) is 28.8 Å². The summed E-state index contributed by atoms with van der Waals surface area (Å²) in [6.45, 7) is 0. The minimum absolute atomic E-state index is 0.225. The molecule has 17 heavy (non-hydrogen) atoms. The molecule has 1 aromatic heterocycles. The Labute approximate surface area is 106 Å². The van der Waals surface area contributed by atoms with Gasteiger partial charge in [-0.3, -0.25) is 0 Å². The van der Waals surface area contributed by atoms with Crippen LogP contribution in [0.3, 0.4) is 0 Å². The van der Waals surface area contributed by atoms with Gasteiger partial charge in [-0.25, -0.2) is 9.97 Å². The van der Waals surface area contributed by atoms with Gasteiger partial charge in [-0.2, -0.15) is 0 Å². The fourth-order valence-corrected chi connectivity index (χ4v) is 3.12. The molecule has 0 aliphatic heterocycles. The van der Waals surface area contributed by atoms with Gasteiger partial charge >= 0.3 is 0 Å². The topological polar surface area (TPSA) is 58.4 Å². The van der Waals surface area contributed by atoms with Crippen molar-refractivity contribution in [1.82, 2.24) is 9.97 Å². The summed E-state index contributed by atoms with van der Waals surface area (Å²) < 4.78 is 0. The molecule has 1 aliphatic carbocycles. The van der Waals surface area contributed by atoms with E-state index in [4.69, 9.17) is 5.21 Å². The molecule has 4 nitrogen and oxygen atoms in total. The number of hydrogen-bond acceptors (Lipinski definition) is 5. The van der Waals surface area contributed by atoms with Crippen molar-refractivity contribution < 1.29 is 5.21 Å². The monoisotopic (exact) mass is 251 g/mol. The summed E-state index contributed by atoms with van der Waals surface area (Å²) in [7, 11) is 0. The average Bonchev–Trinajstić information content (AvgIpc) is 2.34. The van der Waals surface area contributed by atoms with Crippen molar-refractivity contribution in [3.8, 4) is 0 Å². The molecular formula is C12H17N3OS. The molecule has 1 N–H and O–H groups in total. The van der Waals surface area contributed by atoms with E-state index in [2.05, 4.69) is 15.1 Å². The Morgan fingerprint density at radius 3 is 2.71 bits per heavy atom. The summed E-state index contributed by atoms with van der Waals surface area (Å²) in [5.41, 5.74) is 0.891. The van der Waals surface area contributed by atoms with Crippen molar-refractivity contribution in [2.75, 3.05) is 0 Å². The van der Waals surface area contributed by atoms with Crippen molar-refractivity contribution in [3.63, 3.8) is 0 Å². The highest BCUT2D eigenvalue weighted by Crippen LogP contribution is 2.28. The summed E-state index contributed by atoms with van der Waals surface area (Å²) in [4.78, 5) is 8.42. The third-order valence-corrected chi connectivity index (χ3v) is 4.15. The van der Waals surface area contributed by atoms with Crippen molar-refractivity contribution in [2.45, 2.75) is 48.9 Å². The van der Waals surface area contributed by atoms with E-state index in [9.17, 15) is 0 Å². The molecule has 1 saturated carbocycles. The molecule has 1 aromatic rings. The zero-order valence-corrected chi connectivity index (χ0v) is 10.6. The highest BCUT2D eigenvalue weighted by atomic mass is 32.2. The first kappa shape index (κ1) is 12.4. The molecule has 1 aliphatic rings. The lowest BCUT2D eigenvalue weighted by Gasteiger charge is -2.19. The molecule has 1 fully saturated rings. The van der Waals surface area contributed by atoms with Crippen molar-refractivity contribution in [3.05, 3.63) is 18.5 Å². The molecule has 0 aromatic carbocycles. The molecule has 0 bridgehead atoms. The molecule has 0 spiro atoms. The zero-order valence-electron chi connectivity index (χ0n) is 9.75. The first-order valence-electron chi connectivity index (χ1n) is 6.04. The second-order valence-corrected chi connectivity index (χ2v) is 5.35. The van der Waals surface area contributed by atoms with Crippen molar-refractivity contribution in [1.29, 1.82) is 0 Å². The van der Waals surface area contributed by atoms with Crippen LogP contribution in [-0.4, -0.2) is 26.1 Å². The summed E-state index contributed by atoms with van der Waals surface area (Å²) in [6, 6.07) is 1.81. The second kappa shape index (κ2) is 6.59. The largest absolute Gasteiger partial charge is 0.411 e. The maximum Gasteiger partial charge on any atom is 0.188 e. The molecular weight excluding hydrogens is 234 g/mol. The van der Waals surface area contributed by atoms with Crippen molar-refractivity contribution in [2.24, 2.45) is 5.16 Å². The van der Waals surface area contributed by atoms with Gasteiger partial charge < -0.3 is 5.21 Å². The van der Waals surface area contributed by atoms with E-state index in [1.54, 1.807) is 24.2 Å². The van der Waals surface area contributed by atoms with Gasteiger partial charge in [0.05, 0.1) is 11.0 Å². The van der Waals surface area contributed by atoms with Gasteiger partial charge in [-0.05, 0) is 25.3 Å². The SMILES string of the molecule is O/N=C1/CCCCCCC1Sc1ncccn1. The zero-order chi connectivity index (χ0) is 11.9. The molecule has 0 saturated heterocycles. The lowest BCUT2D eigenvalue weighted by atomic mass is 9.99. The third kappa shape index (κ3) is 3.70. The maximum atomic E-state index is 9.09. The number of hydrogen-bond donors (Lipinski definition) is 1. The molecule has 0 amide bonds. The second-order valence-electron chi connectivity index (χ2n) is 4.18. The van der Waals surface area contributed by atoms with Crippen LogP contribution in [0.4, 0.5) is 0 Å². The van der Waals surface area contributed by atoms with E-state index in [0.29, 0.717) is 0 Å². The van der Waals surface area contributed by atoms with Gasteiger partial charge in [0.25, 0.3) is 0 Å². The van der Waals surface area contributed by atoms with E-state index in [-0.39, 0.29) is 5.25 Å². The van der Waals surface area contributed by atoms with E-state index in [1.165, 1.54) is 19.3 Å². The fourth-order valence-electron chi connectivity index (χ4n) is 2.03. The van der Waals surface area contributed by atoms with Crippen LogP contribution in [0, 0.1) is 0 Å². The van der Waals surface area contributed by atoms with Gasteiger partial charge in [0.2, 0.25) is 0 Å². The van der Waals surface area contributed by atoms with E-state index < -0.39 is 0 Å². The Morgan fingerprint density at radius 1 is 1.18 bits per heavy atom. The maximum absolute atomic E-state index is 9.09. The first-order chi connectivity index (χ1) is 8.40.